The molecule has 0 bridgehead atoms. The van der Waals surface area contributed by atoms with Crippen molar-refractivity contribution >= 4 is 34.5 Å². The second-order valence-electron chi connectivity index (χ2n) is 4.39. The van der Waals surface area contributed by atoms with Crippen LogP contribution in [0.2, 0.25) is 0 Å². The Morgan fingerprint density at radius 3 is 2.95 bits per heavy atom. The Morgan fingerprint density at radius 2 is 2.10 bits per heavy atom. The maximum Gasteiger partial charge on any atom is 0.258 e. The first-order valence-electron chi connectivity index (χ1n) is 6.16. The molecule has 7 nitrogen and oxygen atoms in total. The van der Waals surface area contributed by atoms with E-state index in [1.54, 1.807) is 6.26 Å². The van der Waals surface area contributed by atoms with Crippen LogP contribution in [0.25, 0.3) is 28.1 Å². The topological polar surface area (TPSA) is 95.1 Å². The standard InChI is InChI=1S/C13H10N6OS/c1-21-13-16-11(14)19-12(17-13)15-10(18-19)8-3-2-7-4-5-20-9(7)6-8/h2-6H,1H3,(H2,14,15,16,17,18). The van der Waals surface area contributed by atoms with E-state index in [0.717, 1.165) is 16.5 Å². The predicted octanol–water partition coefficient (Wildman–Crippen LogP) is 2.24. The number of nitrogens with zero attached hydrogens (tertiary/aromatic N) is 5. The maximum absolute atomic E-state index is 5.88. The molecular weight excluding hydrogens is 288 g/mol. The van der Waals surface area contributed by atoms with E-state index < -0.39 is 0 Å². The molecule has 4 aromatic rings. The van der Waals surface area contributed by atoms with Crippen molar-refractivity contribution in [1.82, 2.24) is 24.6 Å². The minimum absolute atomic E-state index is 0.266. The number of benzene rings is 1. The number of nitrogens with two attached hydrogens (primary N) is 1. The molecule has 3 aromatic heterocycles. The van der Waals surface area contributed by atoms with Crippen LogP contribution in [0.4, 0.5) is 5.95 Å². The molecule has 21 heavy (non-hydrogen) atoms. The van der Waals surface area contributed by atoms with E-state index in [1.165, 1.54) is 16.3 Å². The van der Waals surface area contributed by atoms with Crippen LogP contribution in [0.1, 0.15) is 0 Å². The predicted molar refractivity (Wildman–Crippen MR) is 80.0 cm³/mol. The number of nitrogen functional groups attached to an aromatic ring is 1. The Hall–Kier alpha value is -2.61. The molecular formula is C13H10N6OS. The molecule has 3 heterocycles. The van der Waals surface area contributed by atoms with Gasteiger partial charge in [0.15, 0.2) is 11.0 Å². The van der Waals surface area contributed by atoms with E-state index in [4.69, 9.17) is 10.2 Å². The molecule has 0 amide bonds. The zero-order valence-electron chi connectivity index (χ0n) is 11.0. The Bertz CT molecular complexity index is 960. The van der Waals surface area contributed by atoms with Gasteiger partial charge in [0.25, 0.3) is 5.78 Å². The van der Waals surface area contributed by atoms with Crippen LogP contribution in [0, 0.1) is 0 Å². The summed E-state index contributed by atoms with van der Waals surface area (Å²) in [6, 6.07) is 7.70. The van der Waals surface area contributed by atoms with Crippen molar-refractivity contribution in [2.45, 2.75) is 5.16 Å². The third-order valence-electron chi connectivity index (χ3n) is 3.11. The smallest absolute Gasteiger partial charge is 0.258 e. The number of hydrogen-bond donors (Lipinski definition) is 1. The molecule has 4 rings (SSSR count). The Balaban J connectivity index is 1.91. The first-order chi connectivity index (χ1) is 10.2. The minimum Gasteiger partial charge on any atom is -0.464 e. The summed E-state index contributed by atoms with van der Waals surface area (Å²) in [5.74, 6) is 1.23. The van der Waals surface area contributed by atoms with Gasteiger partial charge in [-0.05, 0) is 18.4 Å². The largest absolute Gasteiger partial charge is 0.464 e. The fraction of sp³-hybridized carbons (Fsp3) is 0.0769. The average molecular weight is 298 g/mol. The third-order valence-corrected chi connectivity index (χ3v) is 3.66. The van der Waals surface area contributed by atoms with Gasteiger partial charge in [-0.25, -0.2) is 0 Å². The molecule has 1 aromatic carbocycles. The van der Waals surface area contributed by atoms with E-state index in [-0.39, 0.29) is 5.95 Å². The monoisotopic (exact) mass is 298 g/mol. The summed E-state index contributed by atoms with van der Waals surface area (Å²) in [6.07, 6.45) is 3.53. The molecule has 0 radical (unpaired) electrons. The summed E-state index contributed by atoms with van der Waals surface area (Å²) < 4.78 is 6.83. The molecule has 0 aliphatic carbocycles. The quantitative estimate of drug-likeness (QED) is 0.567. The number of anilines is 1. The second-order valence-corrected chi connectivity index (χ2v) is 5.16. The summed E-state index contributed by atoms with van der Waals surface area (Å²) in [6.45, 7) is 0. The van der Waals surface area contributed by atoms with Crippen molar-refractivity contribution in [3.05, 3.63) is 30.5 Å². The lowest BCUT2D eigenvalue weighted by Crippen LogP contribution is -2.04. The fourth-order valence-corrected chi connectivity index (χ4v) is 2.45. The van der Waals surface area contributed by atoms with E-state index in [9.17, 15) is 0 Å². The van der Waals surface area contributed by atoms with Gasteiger partial charge >= 0.3 is 0 Å². The maximum atomic E-state index is 5.88. The lowest BCUT2D eigenvalue weighted by molar-refractivity contribution is 0.616. The van der Waals surface area contributed by atoms with Crippen molar-refractivity contribution in [2.24, 2.45) is 0 Å². The molecule has 0 aliphatic heterocycles. The van der Waals surface area contributed by atoms with Crippen molar-refractivity contribution in [3.63, 3.8) is 0 Å². The van der Waals surface area contributed by atoms with Gasteiger partial charge in [0.2, 0.25) is 5.95 Å². The molecule has 0 saturated heterocycles. The molecule has 0 saturated carbocycles. The number of furan rings is 1. The van der Waals surface area contributed by atoms with E-state index >= 15 is 0 Å². The van der Waals surface area contributed by atoms with Gasteiger partial charge in [0.1, 0.15) is 5.58 Å². The summed E-state index contributed by atoms with van der Waals surface area (Å²) in [7, 11) is 0. The highest BCUT2D eigenvalue weighted by Gasteiger charge is 2.12. The molecule has 0 fully saturated rings. The van der Waals surface area contributed by atoms with Gasteiger partial charge in [0.05, 0.1) is 6.26 Å². The number of hydrogen-bond acceptors (Lipinski definition) is 7. The summed E-state index contributed by atoms with van der Waals surface area (Å²) in [5, 5.41) is 5.96. The average Bonchev–Trinajstić information content (AvgIpc) is 3.12. The number of thioether (sulfide) groups is 1. The summed E-state index contributed by atoms with van der Waals surface area (Å²) in [4.78, 5) is 12.8. The Labute approximate surface area is 123 Å². The Kier molecular flexibility index (Phi) is 2.58. The van der Waals surface area contributed by atoms with Crippen molar-refractivity contribution in [3.8, 4) is 11.4 Å². The summed E-state index contributed by atoms with van der Waals surface area (Å²) in [5.41, 5.74) is 7.50. The van der Waals surface area contributed by atoms with Gasteiger partial charge in [0, 0.05) is 10.9 Å². The minimum atomic E-state index is 0.266. The normalized spacial score (nSPS) is 11.5. The van der Waals surface area contributed by atoms with Crippen molar-refractivity contribution in [1.29, 1.82) is 0 Å². The number of fused-ring (bicyclic) bond motifs is 2. The second kappa shape index (κ2) is 4.45. The first kappa shape index (κ1) is 12.2. The molecule has 0 atom stereocenters. The summed E-state index contributed by atoms with van der Waals surface area (Å²) >= 11 is 1.41. The van der Waals surface area contributed by atoms with Crippen LogP contribution in [-0.2, 0) is 0 Å². The van der Waals surface area contributed by atoms with Gasteiger partial charge in [-0.3, -0.25) is 0 Å². The highest BCUT2D eigenvalue weighted by Crippen LogP contribution is 2.23. The van der Waals surface area contributed by atoms with Crippen LogP contribution in [0.5, 0.6) is 0 Å². The van der Waals surface area contributed by atoms with Crippen LogP contribution in [-0.4, -0.2) is 30.8 Å². The molecule has 0 unspecified atom stereocenters. The lowest BCUT2D eigenvalue weighted by atomic mass is 10.1. The lowest BCUT2D eigenvalue weighted by Gasteiger charge is -1.97. The number of rotatable bonds is 2. The van der Waals surface area contributed by atoms with Crippen molar-refractivity contribution in [2.75, 3.05) is 12.0 Å². The highest BCUT2D eigenvalue weighted by atomic mass is 32.2. The Morgan fingerprint density at radius 1 is 1.19 bits per heavy atom. The molecule has 0 spiro atoms. The fourth-order valence-electron chi connectivity index (χ4n) is 2.09. The highest BCUT2D eigenvalue weighted by molar-refractivity contribution is 7.98. The van der Waals surface area contributed by atoms with E-state index in [2.05, 4.69) is 20.1 Å². The van der Waals surface area contributed by atoms with Crippen LogP contribution in [0.3, 0.4) is 0 Å². The third kappa shape index (κ3) is 1.91. The molecule has 104 valence electrons. The SMILES string of the molecule is CSc1nc(N)n2nc(-c3ccc4ccoc4c3)nc2n1. The van der Waals surface area contributed by atoms with Gasteiger partial charge in [-0.1, -0.05) is 23.9 Å². The number of aromatic nitrogens is 5. The first-order valence-corrected chi connectivity index (χ1v) is 7.39. The van der Waals surface area contributed by atoms with Crippen LogP contribution in [0.15, 0.2) is 40.1 Å². The zero-order chi connectivity index (χ0) is 14.4. The molecule has 2 N–H and O–H groups in total. The van der Waals surface area contributed by atoms with Gasteiger partial charge < -0.3 is 10.2 Å². The molecule has 8 heteroatoms. The zero-order valence-corrected chi connectivity index (χ0v) is 11.8. The molecule has 0 aliphatic rings. The van der Waals surface area contributed by atoms with Crippen LogP contribution < -0.4 is 5.73 Å². The van der Waals surface area contributed by atoms with Gasteiger partial charge in [-0.2, -0.15) is 19.5 Å². The van der Waals surface area contributed by atoms with Crippen molar-refractivity contribution < 1.29 is 4.42 Å². The van der Waals surface area contributed by atoms with E-state index in [1.807, 2.05) is 30.5 Å². The van der Waals surface area contributed by atoms with E-state index in [0.29, 0.717) is 16.8 Å². The van der Waals surface area contributed by atoms with Gasteiger partial charge in [-0.15, -0.1) is 5.10 Å². The van der Waals surface area contributed by atoms with Crippen LogP contribution >= 0.6 is 11.8 Å².